The maximum absolute atomic E-state index is 12.0. The monoisotopic (exact) mass is 256 g/mol. The molecule has 17 heavy (non-hydrogen) atoms. The van der Waals surface area contributed by atoms with Crippen LogP contribution in [0.1, 0.15) is 26.7 Å². The van der Waals surface area contributed by atoms with Crippen molar-refractivity contribution in [1.29, 1.82) is 0 Å². The minimum Gasteiger partial charge on any atom is -0.345 e. The van der Waals surface area contributed by atoms with Crippen molar-refractivity contribution >= 4 is 23.6 Å². The second kappa shape index (κ2) is 4.52. The van der Waals surface area contributed by atoms with E-state index in [0.29, 0.717) is 0 Å². The average Bonchev–Trinajstić information content (AvgIpc) is 3.04. The third-order valence-corrected chi connectivity index (χ3v) is 5.07. The highest BCUT2D eigenvalue weighted by molar-refractivity contribution is 8.00. The summed E-state index contributed by atoms with van der Waals surface area (Å²) in [4.78, 5) is 25.7. The molecule has 0 aromatic rings. The number of nitrogens with one attached hydrogen (secondary N) is 1. The van der Waals surface area contributed by atoms with Gasteiger partial charge >= 0.3 is 0 Å². The van der Waals surface area contributed by atoms with Gasteiger partial charge in [-0.2, -0.15) is 11.8 Å². The fourth-order valence-electron chi connectivity index (χ4n) is 2.39. The first-order valence-electron chi connectivity index (χ1n) is 6.11. The SMILES string of the molecule is CSC1(CN2C(=O)CNC(=O)C2C(C)C)CC1. The second-order valence-electron chi connectivity index (χ2n) is 5.32. The summed E-state index contributed by atoms with van der Waals surface area (Å²) in [5, 5.41) is 2.68. The maximum atomic E-state index is 12.0. The van der Waals surface area contributed by atoms with Gasteiger partial charge in [0.25, 0.3) is 0 Å². The van der Waals surface area contributed by atoms with Crippen LogP contribution in [0.2, 0.25) is 0 Å². The maximum Gasteiger partial charge on any atom is 0.243 e. The van der Waals surface area contributed by atoms with Crippen molar-refractivity contribution in [2.24, 2.45) is 5.92 Å². The van der Waals surface area contributed by atoms with Crippen LogP contribution >= 0.6 is 11.8 Å². The molecule has 0 radical (unpaired) electrons. The Morgan fingerprint density at radius 3 is 2.59 bits per heavy atom. The Morgan fingerprint density at radius 2 is 2.12 bits per heavy atom. The first-order valence-corrected chi connectivity index (χ1v) is 7.34. The lowest BCUT2D eigenvalue weighted by molar-refractivity contribution is -0.147. The molecular weight excluding hydrogens is 236 g/mol. The van der Waals surface area contributed by atoms with Crippen molar-refractivity contribution in [2.45, 2.75) is 37.5 Å². The van der Waals surface area contributed by atoms with E-state index in [-0.39, 0.29) is 35.1 Å². The molecule has 1 aliphatic heterocycles. The number of carbonyl (C=O) groups excluding carboxylic acids is 2. The molecule has 1 aliphatic carbocycles. The standard InChI is InChI=1S/C12H20N2O2S/c1-8(2)10-11(16)13-6-9(15)14(10)7-12(17-3)4-5-12/h8,10H,4-7H2,1-3H3,(H,13,16). The van der Waals surface area contributed by atoms with Gasteiger partial charge in [-0.25, -0.2) is 0 Å². The summed E-state index contributed by atoms with van der Waals surface area (Å²) in [7, 11) is 0. The lowest BCUT2D eigenvalue weighted by atomic mass is 9.99. The Labute approximate surface area is 106 Å². The van der Waals surface area contributed by atoms with E-state index in [2.05, 4.69) is 11.6 Å². The molecule has 2 fully saturated rings. The van der Waals surface area contributed by atoms with Crippen LogP contribution in [0.25, 0.3) is 0 Å². The molecule has 2 aliphatic rings. The molecule has 1 atom stereocenters. The predicted octanol–water partition coefficient (Wildman–Crippen LogP) is 0.865. The predicted molar refractivity (Wildman–Crippen MR) is 68.8 cm³/mol. The molecule has 2 rings (SSSR count). The Bertz CT molecular complexity index is 339. The number of rotatable bonds is 4. The van der Waals surface area contributed by atoms with Gasteiger partial charge < -0.3 is 10.2 Å². The second-order valence-corrected chi connectivity index (χ2v) is 6.59. The normalized spacial score (nSPS) is 27.3. The van der Waals surface area contributed by atoms with Gasteiger partial charge in [0, 0.05) is 11.3 Å². The van der Waals surface area contributed by atoms with E-state index in [9.17, 15) is 9.59 Å². The molecule has 1 heterocycles. The Morgan fingerprint density at radius 1 is 1.47 bits per heavy atom. The Balaban J connectivity index is 2.14. The lowest BCUT2D eigenvalue weighted by Gasteiger charge is -2.39. The Kier molecular flexibility index (Phi) is 3.39. The van der Waals surface area contributed by atoms with E-state index < -0.39 is 0 Å². The zero-order valence-electron chi connectivity index (χ0n) is 10.7. The van der Waals surface area contributed by atoms with Crippen molar-refractivity contribution in [3.05, 3.63) is 0 Å². The molecule has 0 spiro atoms. The molecule has 0 aromatic carbocycles. The minimum absolute atomic E-state index is 0.00324. The molecule has 1 saturated heterocycles. The van der Waals surface area contributed by atoms with Gasteiger partial charge in [-0.05, 0) is 25.0 Å². The molecule has 1 N–H and O–H groups in total. The zero-order valence-corrected chi connectivity index (χ0v) is 11.5. The highest BCUT2D eigenvalue weighted by Crippen LogP contribution is 2.48. The molecular formula is C12H20N2O2S. The summed E-state index contributed by atoms with van der Waals surface area (Å²) in [5.74, 6) is 0.219. The summed E-state index contributed by atoms with van der Waals surface area (Å²) in [6.07, 6.45) is 4.40. The summed E-state index contributed by atoms with van der Waals surface area (Å²) >= 11 is 1.82. The number of amides is 2. The summed E-state index contributed by atoms with van der Waals surface area (Å²) in [6.45, 7) is 4.87. The third-order valence-electron chi connectivity index (χ3n) is 3.67. The average molecular weight is 256 g/mol. The van der Waals surface area contributed by atoms with E-state index in [1.165, 1.54) is 0 Å². The van der Waals surface area contributed by atoms with E-state index in [1.807, 2.05) is 25.6 Å². The quantitative estimate of drug-likeness (QED) is 0.812. The van der Waals surface area contributed by atoms with Gasteiger partial charge in [-0.1, -0.05) is 13.8 Å². The molecule has 5 heteroatoms. The number of piperazine rings is 1. The van der Waals surface area contributed by atoms with Crippen molar-refractivity contribution in [3.8, 4) is 0 Å². The molecule has 2 amide bonds. The van der Waals surface area contributed by atoms with E-state index >= 15 is 0 Å². The van der Waals surface area contributed by atoms with Gasteiger partial charge in [0.2, 0.25) is 11.8 Å². The lowest BCUT2D eigenvalue weighted by Crippen LogP contribution is -2.61. The van der Waals surface area contributed by atoms with Gasteiger partial charge in [-0.15, -0.1) is 0 Å². The number of hydrogen-bond acceptors (Lipinski definition) is 3. The summed E-state index contributed by atoms with van der Waals surface area (Å²) in [6, 6.07) is -0.291. The molecule has 1 saturated carbocycles. The van der Waals surface area contributed by atoms with E-state index in [4.69, 9.17) is 0 Å². The third kappa shape index (κ3) is 2.44. The highest BCUT2D eigenvalue weighted by Gasteiger charge is 2.47. The molecule has 0 aromatic heterocycles. The topological polar surface area (TPSA) is 49.4 Å². The fraction of sp³-hybridized carbons (Fsp3) is 0.833. The Hall–Kier alpha value is -0.710. The van der Waals surface area contributed by atoms with Crippen LogP contribution in [0.4, 0.5) is 0 Å². The molecule has 0 bridgehead atoms. The van der Waals surface area contributed by atoms with Crippen LogP contribution in [0.3, 0.4) is 0 Å². The van der Waals surface area contributed by atoms with Crippen LogP contribution in [-0.4, -0.2) is 46.8 Å². The molecule has 1 unspecified atom stereocenters. The van der Waals surface area contributed by atoms with Crippen LogP contribution in [-0.2, 0) is 9.59 Å². The van der Waals surface area contributed by atoms with Gasteiger partial charge in [-0.3, -0.25) is 9.59 Å². The molecule has 4 nitrogen and oxygen atoms in total. The fourth-order valence-corrected chi connectivity index (χ4v) is 3.17. The van der Waals surface area contributed by atoms with Crippen LogP contribution < -0.4 is 5.32 Å². The zero-order chi connectivity index (χ0) is 12.6. The van der Waals surface area contributed by atoms with Crippen LogP contribution in [0.5, 0.6) is 0 Å². The number of thioether (sulfide) groups is 1. The number of hydrogen-bond donors (Lipinski definition) is 1. The smallest absolute Gasteiger partial charge is 0.243 e. The van der Waals surface area contributed by atoms with Gasteiger partial charge in [0.1, 0.15) is 6.04 Å². The van der Waals surface area contributed by atoms with Crippen molar-refractivity contribution < 1.29 is 9.59 Å². The van der Waals surface area contributed by atoms with E-state index in [1.54, 1.807) is 4.90 Å². The van der Waals surface area contributed by atoms with Gasteiger partial charge in [0.15, 0.2) is 0 Å². The number of nitrogens with zero attached hydrogens (tertiary/aromatic N) is 1. The molecule has 96 valence electrons. The highest BCUT2D eigenvalue weighted by atomic mass is 32.2. The van der Waals surface area contributed by atoms with Crippen LogP contribution in [0, 0.1) is 5.92 Å². The van der Waals surface area contributed by atoms with Gasteiger partial charge in [0.05, 0.1) is 6.54 Å². The number of carbonyl (C=O) groups is 2. The van der Waals surface area contributed by atoms with Crippen molar-refractivity contribution in [2.75, 3.05) is 19.3 Å². The minimum atomic E-state index is -0.291. The summed E-state index contributed by atoms with van der Waals surface area (Å²) < 4.78 is 0.223. The van der Waals surface area contributed by atoms with Crippen molar-refractivity contribution in [3.63, 3.8) is 0 Å². The first kappa shape index (κ1) is 12.7. The largest absolute Gasteiger partial charge is 0.345 e. The van der Waals surface area contributed by atoms with Crippen LogP contribution in [0.15, 0.2) is 0 Å². The van der Waals surface area contributed by atoms with E-state index in [0.717, 1.165) is 19.4 Å². The summed E-state index contributed by atoms with van der Waals surface area (Å²) in [5.41, 5.74) is 0. The van der Waals surface area contributed by atoms with Crippen molar-refractivity contribution in [1.82, 2.24) is 10.2 Å². The first-order chi connectivity index (χ1) is 7.99.